The molecule has 0 atom stereocenters. The lowest BCUT2D eigenvalue weighted by molar-refractivity contribution is 0.267. The molecule has 0 spiro atoms. The van der Waals surface area contributed by atoms with Gasteiger partial charge in [-0.05, 0) is 75.9 Å². The van der Waals surface area contributed by atoms with Gasteiger partial charge in [-0.25, -0.2) is 0 Å². The van der Waals surface area contributed by atoms with Crippen LogP contribution in [0.2, 0.25) is 10.0 Å². The SMILES string of the molecule is CCOc1cc(/C=N\NCc2ccc(Cl)cc2)cc(Br)c1OCc1cccc(Cl)c1. The highest BCUT2D eigenvalue weighted by Crippen LogP contribution is 2.37. The van der Waals surface area contributed by atoms with Crippen LogP contribution in [-0.2, 0) is 13.2 Å². The maximum absolute atomic E-state index is 6.05. The van der Waals surface area contributed by atoms with Crippen molar-refractivity contribution in [2.24, 2.45) is 5.10 Å². The van der Waals surface area contributed by atoms with Gasteiger partial charge in [0, 0.05) is 10.0 Å². The van der Waals surface area contributed by atoms with Crippen LogP contribution in [0.5, 0.6) is 11.5 Å². The largest absolute Gasteiger partial charge is 0.490 e. The smallest absolute Gasteiger partial charge is 0.175 e. The zero-order chi connectivity index (χ0) is 21.3. The van der Waals surface area contributed by atoms with Gasteiger partial charge in [-0.15, -0.1) is 0 Å². The zero-order valence-corrected chi connectivity index (χ0v) is 19.5. The molecule has 30 heavy (non-hydrogen) atoms. The van der Waals surface area contributed by atoms with E-state index in [1.165, 1.54) is 0 Å². The molecule has 0 bridgehead atoms. The number of nitrogens with one attached hydrogen (secondary N) is 1. The number of hydrogen-bond donors (Lipinski definition) is 1. The van der Waals surface area contributed by atoms with E-state index < -0.39 is 0 Å². The molecule has 1 N–H and O–H groups in total. The Morgan fingerprint density at radius 3 is 2.50 bits per heavy atom. The minimum Gasteiger partial charge on any atom is -0.490 e. The van der Waals surface area contributed by atoms with Crippen molar-refractivity contribution in [1.29, 1.82) is 0 Å². The first-order valence-electron chi connectivity index (χ1n) is 9.39. The molecule has 0 aliphatic heterocycles. The molecule has 3 aromatic carbocycles. The van der Waals surface area contributed by atoms with Gasteiger partial charge in [0.05, 0.1) is 23.8 Å². The van der Waals surface area contributed by atoms with E-state index in [0.717, 1.165) is 21.2 Å². The quantitative estimate of drug-likeness (QED) is 0.254. The van der Waals surface area contributed by atoms with Gasteiger partial charge in [0.25, 0.3) is 0 Å². The maximum atomic E-state index is 6.05. The number of ether oxygens (including phenoxy) is 2. The second kappa shape index (κ2) is 11.3. The Hall–Kier alpha value is -2.21. The van der Waals surface area contributed by atoms with E-state index >= 15 is 0 Å². The number of rotatable bonds is 9. The molecule has 0 saturated carbocycles. The molecule has 4 nitrogen and oxygen atoms in total. The third kappa shape index (κ3) is 6.66. The summed E-state index contributed by atoms with van der Waals surface area (Å²) in [6, 6.07) is 19.0. The van der Waals surface area contributed by atoms with Crippen LogP contribution in [0.4, 0.5) is 0 Å². The second-order valence-electron chi connectivity index (χ2n) is 6.40. The third-order valence-corrected chi connectivity index (χ3v) is 5.18. The normalized spacial score (nSPS) is 10.9. The van der Waals surface area contributed by atoms with Crippen molar-refractivity contribution in [2.75, 3.05) is 6.61 Å². The van der Waals surface area contributed by atoms with Crippen molar-refractivity contribution in [2.45, 2.75) is 20.1 Å². The summed E-state index contributed by atoms with van der Waals surface area (Å²) < 4.78 is 12.6. The number of hydrazone groups is 1. The summed E-state index contributed by atoms with van der Waals surface area (Å²) in [7, 11) is 0. The van der Waals surface area contributed by atoms with Crippen LogP contribution >= 0.6 is 39.1 Å². The first-order valence-corrected chi connectivity index (χ1v) is 10.9. The summed E-state index contributed by atoms with van der Waals surface area (Å²) in [6.07, 6.45) is 1.74. The second-order valence-corrected chi connectivity index (χ2v) is 8.13. The van der Waals surface area contributed by atoms with Crippen molar-refractivity contribution in [3.63, 3.8) is 0 Å². The van der Waals surface area contributed by atoms with Gasteiger partial charge in [0.2, 0.25) is 0 Å². The molecule has 0 aliphatic carbocycles. The Morgan fingerprint density at radius 1 is 0.967 bits per heavy atom. The Kier molecular flexibility index (Phi) is 8.43. The third-order valence-electron chi connectivity index (χ3n) is 4.11. The molecule has 0 aromatic heterocycles. The van der Waals surface area contributed by atoms with Gasteiger partial charge < -0.3 is 14.9 Å². The Labute approximate surface area is 194 Å². The van der Waals surface area contributed by atoms with Gasteiger partial charge >= 0.3 is 0 Å². The van der Waals surface area contributed by atoms with E-state index in [0.29, 0.717) is 41.3 Å². The van der Waals surface area contributed by atoms with Crippen LogP contribution in [0, 0.1) is 0 Å². The molecule has 0 amide bonds. The van der Waals surface area contributed by atoms with Crippen molar-refractivity contribution in [3.8, 4) is 11.5 Å². The standard InChI is InChI=1S/C23H21BrCl2N2O2/c1-2-29-22-12-18(14-28-27-13-16-6-8-19(25)9-7-16)11-21(24)23(22)30-15-17-4-3-5-20(26)10-17/h3-12,14,27H,2,13,15H2,1H3/b28-14-. The van der Waals surface area contributed by atoms with Crippen LogP contribution in [0.25, 0.3) is 0 Å². The predicted molar refractivity (Wildman–Crippen MR) is 127 cm³/mol. The van der Waals surface area contributed by atoms with E-state index in [2.05, 4.69) is 26.5 Å². The molecular formula is C23H21BrCl2N2O2. The van der Waals surface area contributed by atoms with Gasteiger partial charge in [-0.1, -0.05) is 47.5 Å². The van der Waals surface area contributed by atoms with E-state index in [9.17, 15) is 0 Å². The lowest BCUT2D eigenvalue weighted by Crippen LogP contribution is -2.06. The molecule has 0 fully saturated rings. The number of nitrogens with zero attached hydrogens (tertiary/aromatic N) is 1. The molecule has 7 heteroatoms. The molecule has 0 heterocycles. The topological polar surface area (TPSA) is 42.8 Å². The highest BCUT2D eigenvalue weighted by atomic mass is 79.9. The molecule has 3 rings (SSSR count). The Morgan fingerprint density at radius 2 is 1.77 bits per heavy atom. The predicted octanol–water partition coefficient (Wildman–Crippen LogP) is 6.86. The number of benzene rings is 3. The van der Waals surface area contributed by atoms with Gasteiger partial charge in [0.1, 0.15) is 6.61 Å². The average molecular weight is 508 g/mol. The molecule has 0 aliphatic rings. The fraction of sp³-hybridized carbons (Fsp3) is 0.174. The first-order chi connectivity index (χ1) is 14.5. The van der Waals surface area contributed by atoms with Crippen LogP contribution in [0.1, 0.15) is 23.6 Å². The van der Waals surface area contributed by atoms with Gasteiger partial charge in [-0.3, -0.25) is 0 Å². The van der Waals surface area contributed by atoms with E-state index in [1.807, 2.05) is 67.6 Å². The van der Waals surface area contributed by atoms with Crippen LogP contribution < -0.4 is 14.9 Å². The number of halogens is 3. The molecule has 156 valence electrons. The minimum absolute atomic E-state index is 0.384. The van der Waals surface area contributed by atoms with Crippen LogP contribution in [-0.4, -0.2) is 12.8 Å². The molecular weight excluding hydrogens is 487 g/mol. The van der Waals surface area contributed by atoms with Crippen LogP contribution in [0.3, 0.4) is 0 Å². The van der Waals surface area contributed by atoms with Crippen LogP contribution in [0.15, 0.2) is 70.2 Å². The Bertz CT molecular complexity index is 1010. The summed E-state index contributed by atoms with van der Waals surface area (Å²) >= 11 is 15.5. The average Bonchev–Trinajstić information content (AvgIpc) is 2.72. The minimum atomic E-state index is 0.384. The van der Waals surface area contributed by atoms with Gasteiger partial charge in [0.15, 0.2) is 11.5 Å². The molecule has 0 saturated heterocycles. The highest BCUT2D eigenvalue weighted by Gasteiger charge is 2.12. The summed E-state index contributed by atoms with van der Waals surface area (Å²) in [5, 5.41) is 5.69. The fourth-order valence-electron chi connectivity index (χ4n) is 2.71. The Balaban J connectivity index is 1.67. The van der Waals surface area contributed by atoms with E-state index in [-0.39, 0.29) is 0 Å². The van der Waals surface area contributed by atoms with Crippen molar-refractivity contribution in [1.82, 2.24) is 5.43 Å². The van der Waals surface area contributed by atoms with Crippen molar-refractivity contribution < 1.29 is 9.47 Å². The fourth-order valence-corrected chi connectivity index (χ4v) is 3.62. The summed E-state index contributed by atoms with van der Waals surface area (Å²) in [5.74, 6) is 1.29. The summed E-state index contributed by atoms with van der Waals surface area (Å²) in [4.78, 5) is 0. The van der Waals surface area contributed by atoms with E-state index in [4.69, 9.17) is 32.7 Å². The van der Waals surface area contributed by atoms with Crippen molar-refractivity contribution >= 4 is 45.3 Å². The first kappa shape index (κ1) is 22.5. The summed E-state index contributed by atoms with van der Waals surface area (Å²) in [5.41, 5.74) is 5.99. The van der Waals surface area contributed by atoms with E-state index in [1.54, 1.807) is 6.21 Å². The summed E-state index contributed by atoms with van der Waals surface area (Å²) in [6.45, 7) is 3.45. The maximum Gasteiger partial charge on any atom is 0.175 e. The number of hydrogen-bond acceptors (Lipinski definition) is 4. The van der Waals surface area contributed by atoms with Gasteiger partial charge in [-0.2, -0.15) is 5.10 Å². The molecule has 0 unspecified atom stereocenters. The molecule has 3 aromatic rings. The zero-order valence-electron chi connectivity index (χ0n) is 16.4. The molecule has 0 radical (unpaired) electrons. The lowest BCUT2D eigenvalue weighted by Gasteiger charge is -2.15. The van der Waals surface area contributed by atoms with Crippen molar-refractivity contribution in [3.05, 3.63) is 91.9 Å². The highest BCUT2D eigenvalue weighted by molar-refractivity contribution is 9.10. The monoisotopic (exact) mass is 506 g/mol. The lowest BCUT2D eigenvalue weighted by atomic mass is 10.2.